The fourth-order valence-corrected chi connectivity index (χ4v) is 0.614. The number of carbonyl (C=O) groups is 1. The Labute approximate surface area is 69.4 Å². The van der Waals surface area contributed by atoms with Gasteiger partial charge in [-0.2, -0.15) is 0 Å². The number of hydrogen-bond acceptors (Lipinski definition) is 3. The Morgan fingerprint density at radius 1 is 1.70 bits per heavy atom. The van der Waals surface area contributed by atoms with Crippen molar-refractivity contribution in [3.05, 3.63) is 0 Å². The molecule has 0 aliphatic rings. The summed E-state index contributed by atoms with van der Waals surface area (Å²) in [4.78, 5) is 14.3. The second-order valence-electron chi connectivity index (χ2n) is 1.53. The minimum atomic E-state index is -0.781. The fourth-order valence-electron chi connectivity index (χ4n) is 0.346. The highest BCUT2D eigenvalue weighted by molar-refractivity contribution is 6.85. The molecule has 0 amide bonds. The highest BCUT2D eigenvalue weighted by atomic mass is 35.5. The van der Waals surface area contributed by atoms with Crippen LogP contribution in [0.2, 0.25) is 0 Å². The molecule has 10 heavy (non-hydrogen) atoms. The van der Waals surface area contributed by atoms with Crippen LogP contribution in [0.4, 0.5) is 0 Å². The number of aliphatic imine (C=N–C) groups is 1. The maximum absolute atomic E-state index is 10.8. The van der Waals surface area contributed by atoms with Crippen LogP contribution in [0.3, 0.4) is 0 Å². The maximum Gasteiger partial charge on any atom is 0.224 e. The SMILES string of the molecule is CN=C(Cl)C(=O)C(Cl)NC. The number of ketones is 1. The lowest BCUT2D eigenvalue weighted by Crippen LogP contribution is -2.31. The van der Waals surface area contributed by atoms with Gasteiger partial charge in [0.05, 0.1) is 0 Å². The summed E-state index contributed by atoms with van der Waals surface area (Å²) >= 11 is 10.8. The van der Waals surface area contributed by atoms with E-state index in [1.165, 1.54) is 7.05 Å². The molecule has 0 bridgehead atoms. The van der Waals surface area contributed by atoms with Gasteiger partial charge in [0.15, 0.2) is 5.17 Å². The molecule has 3 nitrogen and oxygen atoms in total. The zero-order valence-corrected chi connectivity index (χ0v) is 7.20. The van der Waals surface area contributed by atoms with E-state index in [1.807, 2.05) is 0 Å². The van der Waals surface area contributed by atoms with Crippen molar-refractivity contribution < 1.29 is 4.79 Å². The number of alkyl halides is 1. The number of rotatable bonds is 3. The number of likely N-dealkylation sites (N-methyl/N-ethyl adjacent to an activating group) is 1. The van der Waals surface area contributed by atoms with E-state index >= 15 is 0 Å². The molecule has 0 aromatic heterocycles. The molecular formula is C5H8Cl2N2O. The van der Waals surface area contributed by atoms with E-state index < -0.39 is 11.3 Å². The summed E-state index contributed by atoms with van der Waals surface area (Å²) in [5, 5.41) is 2.44. The molecule has 0 fully saturated rings. The molecule has 0 spiro atoms. The molecule has 0 aromatic carbocycles. The number of halogens is 2. The lowest BCUT2D eigenvalue weighted by Gasteiger charge is -2.02. The van der Waals surface area contributed by atoms with Gasteiger partial charge < -0.3 is 0 Å². The van der Waals surface area contributed by atoms with Gasteiger partial charge in [-0.25, -0.2) is 0 Å². The Kier molecular flexibility index (Phi) is 4.60. The molecule has 0 rings (SSSR count). The van der Waals surface area contributed by atoms with Crippen LogP contribution < -0.4 is 5.32 Å². The van der Waals surface area contributed by atoms with Crippen molar-refractivity contribution in [3.63, 3.8) is 0 Å². The van der Waals surface area contributed by atoms with Crippen LogP contribution in [0.5, 0.6) is 0 Å². The average Bonchev–Trinajstić information content (AvgIpc) is 2.00. The summed E-state index contributed by atoms with van der Waals surface area (Å²) in [5.74, 6) is -0.409. The van der Waals surface area contributed by atoms with Gasteiger partial charge >= 0.3 is 0 Å². The first kappa shape index (κ1) is 9.88. The highest BCUT2D eigenvalue weighted by Crippen LogP contribution is 1.97. The first-order valence-electron chi connectivity index (χ1n) is 2.61. The van der Waals surface area contributed by atoms with Gasteiger partial charge in [0.25, 0.3) is 0 Å². The standard InChI is InChI=1S/C5H8Cl2N2O/c1-8-4(6)3(10)5(7)9-2/h4,8H,1-2H3. The third-order valence-corrected chi connectivity index (χ3v) is 1.65. The summed E-state index contributed by atoms with van der Waals surface area (Å²) in [6.45, 7) is 0. The minimum Gasteiger partial charge on any atom is -0.298 e. The van der Waals surface area contributed by atoms with Crippen LogP contribution in [0.25, 0.3) is 0 Å². The Morgan fingerprint density at radius 2 is 2.20 bits per heavy atom. The monoisotopic (exact) mass is 182 g/mol. The molecule has 0 aliphatic carbocycles. The molecule has 58 valence electrons. The van der Waals surface area contributed by atoms with Gasteiger partial charge in [0, 0.05) is 7.05 Å². The smallest absolute Gasteiger partial charge is 0.224 e. The van der Waals surface area contributed by atoms with Crippen molar-refractivity contribution in [1.82, 2.24) is 5.32 Å². The quantitative estimate of drug-likeness (QED) is 0.395. The van der Waals surface area contributed by atoms with E-state index in [0.29, 0.717) is 0 Å². The molecule has 1 atom stereocenters. The summed E-state index contributed by atoms with van der Waals surface area (Å²) in [6.07, 6.45) is 0. The van der Waals surface area contributed by atoms with Crippen LogP contribution in [0.1, 0.15) is 0 Å². The zero-order chi connectivity index (χ0) is 8.15. The second kappa shape index (κ2) is 4.66. The third kappa shape index (κ3) is 2.64. The first-order valence-corrected chi connectivity index (χ1v) is 3.42. The van der Waals surface area contributed by atoms with Gasteiger partial charge in [-0.05, 0) is 7.05 Å². The van der Waals surface area contributed by atoms with Crippen LogP contribution in [-0.2, 0) is 4.79 Å². The number of nitrogens with one attached hydrogen (secondary N) is 1. The van der Waals surface area contributed by atoms with Gasteiger partial charge in [-0.1, -0.05) is 23.2 Å². The molecule has 0 aliphatic heterocycles. The van der Waals surface area contributed by atoms with E-state index in [2.05, 4.69) is 10.3 Å². The molecule has 0 heterocycles. The Hall–Kier alpha value is -0.120. The molecular weight excluding hydrogens is 175 g/mol. The maximum atomic E-state index is 10.8. The van der Waals surface area contributed by atoms with Crippen LogP contribution >= 0.6 is 23.2 Å². The van der Waals surface area contributed by atoms with Crippen molar-refractivity contribution >= 4 is 34.2 Å². The van der Waals surface area contributed by atoms with Gasteiger partial charge in [0.1, 0.15) is 5.50 Å². The number of hydrogen-bond donors (Lipinski definition) is 1. The Bertz CT molecular complexity index is 158. The summed E-state index contributed by atoms with van der Waals surface area (Å²) in [7, 11) is 2.99. The lowest BCUT2D eigenvalue weighted by atomic mass is 10.4. The first-order chi connectivity index (χ1) is 4.63. The molecule has 1 unspecified atom stereocenters. The average molecular weight is 183 g/mol. The van der Waals surface area contributed by atoms with Gasteiger partial charge in [-0.15, -0.1) is 0 Å². The molecule has 1 N–H and O–H groups in total. The van der Waals surface area contributed by atoms with Crippen LogP contribution in [-0.4, -0.2) is 30.6 Å². The van der Waals surface area contributed by atoms with Crippen LogP contribution in [0.15, 0.2) is 4.99 Å². The Balaban J connectivity index is 4.08. The van der Waals surface area contributed by atoms with Crippen molar-refractivity contribution in [2.45, 2.75) is 5.50 Å². The molecule has 5 heteroatoms. The second-order valence-corrected chi connectivity index (χ2v) is 2.32. The van der Waals surface area contributed by atoms with Crippen molar-refractivity contribution in [1.29, 1.82) is 0 Å². The highest BCUT2D eigenvalue weighted by Gasteiger charge is 2.16. The molecule has 0 aromatic rings. The zero-order valence-electron chi connectivity index (χ0n) is 5.69. The predicted molar refractivity (Wildman–Crippen MR) is 42.9 cm³/mol. The van der Waals surface area contributed by atoms with E-state index in [9.17, 15) is 4.79 Å². The summed E-state index contributed by atoms with van der Waals surface area (Å²) in [6, 6.07) is 0. The van der Waals surface area contributed by atoms with Gasteiger partial charge in [0.2, 0.25) is 5.78 Å². The van der Waals surface area contributed by atoms with E-state index in [-0.39, 0.29) is 5.17 Å². The molecule has 0 saturated carbocycles. The van der Waals surface area contributed by atoms with E-state index in [4.69, 9.17) is 23.2 Å². The fraction of sp³-hybridized carbons (Fsp3) is 0.600. The normalized spacial score (nSPS) is 15.0. The van der Waals surface area contributed by atoms with Crippen molar-refractivity contribution in [3.8, 4) is 0 Å². The van der Waals surface area contributed by atoms with E-state index in [0.717, 1.165) is 0 Å². The van der Waals surface area contributed by atoms with Crippen molar-refractivity contribution in [2.24, 2.45) is 4.99 Å². The largest absolute Gasteiger partial charge is 0.298 e. The predicted octanol–water partition coefficient (Wildman–Crippen LogP) is 0.607. The number of nitrogens with zero attached hydrogens (tertiary/aromatic N) is 1. The minimum absolute atomic E-state index is 0.0886. The van der Waals surface area contributed by atoms with E-state index in [1.54, 1.807) is 7.05 Å². The number of Topliss-reactive ketones (excluding diaryl/α,β-unsaturated/α-hetero) is 1. The molecule has 0 saturated heterocycles. The van der Waals surface area contributed by atoms with Gasteiger partial charge in [-0.3, -0.25) is 15.1 Å². The van der Waals surface area contributed by atoms with Crippen molar-refractivity contribution in [2.75, 3.05) is 14.1 Å². The van der Waals surface area contributed by atoms with Crippen LogP contribution in [0, 0.1) is 0 Å². The number of carbonyl (C=O) groups excluding carboxylic acids is 1. The Morgan fingerprint density at radius 3 is 2.50 bits per heavy atom. The summed E-state index contributed by atoms with van der Waals surface area (Å²) < 4.78 is 0. The lowest BCUT2D eigenvalue weighted by molar-refractivity contribution is -0.112. The third-order valence-electron chi connectivity index (χ3n) is 0.883. The topological polar surface area (TPSA) is 41.5 Å². The molecule has 0 radical (unpaired) electrons. The summed E-state index contributed by atoms with van der Waals surface area (Å²) in [5.41, 5.74) is -0.781.